The quantitative estimate of drug-likeness (QED) is 0.844. The molecule has 6 heteroatoms. The third kappa shape index (κ3) is 2.48. The predicted molar refractivity (Wildman–Crippen MR) is 59.7 cm³/mol. The predicted octanol–water partition coefficient (Wildman–Crippen LogP) is 1.49. The van der Waals surface area contributed by atoms with Crippen LogP contribution in [0.2, 0.25) is 0 Å². The summed E-state index contributed by atoms with van der Waals surface area (Å²) in [5.74, 6) is -0.934. The van der Waals surface area contributed by atoms with Gasteiger partial charge in [0.25, 0.3) is 0 Å². The summed E-state index contributed by atoms with van der Waals surface area (Å²) in [6.07, 6.45) is -4.34. The summed E-state index contributed by atoms with van der Waals surface area (Å²) in [7, 11) is 0. The fourth-order valence-corrected chi connectivity index (χ4v) is 2.25. The van der Waals surface area contributed by atoms with Crippen molar-refractivity contribution in [3.63, 3.8) is 0 Å². The van der Waals surface area contributed by atoms with Crippen molar-refractivity contribution in [3.05, 3.63) is 35.4 Å². The van der Waals surface area contributed by atoms with Crippen molar-refractivity contribution in [1.82, 2.24) is 5.32 Å². The minimum atomic E-state index is -4.34. The number of rotatable bonds is 2. The fraction of sp³-hybridized carbons (Fsp3) is 0.417. The molecule has 0 bridgehead atoms. The second-order valence-corrected chi connectivity index (χ2v) is 4.39. The molecular formula is C12H13F3N2O. The maximum atomic E-state index is 12.4. The highest BCUT2D eigenvalue weighted by atomic mass is 19.4. The van der Waals surface area contributed by atoms with Crippen LogP contribution in [-0.2, 0) is 11.0 Å². The van der Waals surface area contributed by atoms with Gasteiger partial charge in [0, 0.05) is 19.0 Å². The summed E-state index contributed by atoms with van der Waals surface area (Å²) in [6, 6.07) is 4.89. The Kier molecular flexibility index (Phi) is 3.30. The third-order valence-corrected chi connectivity index (χ3v) is 3.25. The highest BCUT2D eigenvalue weighted by molar-refractivity contribution is 5.78. The van der Waals surface area contributed by atoms with Gasteiger partial charge in [0.15, 0.2) is 0 Å². The van der Waals surface area contributed by atoms with Crippen LogP contribution in [0.5, 0.6) is 0 Å². The highest BCUT2D eigenvalue weighted by Gasteiger charge is 2.34. The molecule has 1 amide bonds. The van der Waals surface area contributed by atoms with Gasteiger partial charge in [0.1, 0.15) is 0 Å². The summed E-state index contributed by atoms with van der Waals surface area (Å²) in [6.45, 7) is 1.03. The number of benzene rings is 1. The van der Waals surface area contributed by atoms with E-state index in [-0.39, 0.29) is 11.8 Å². The molecule has 0 aromatic heterocycles. The SMILES string of the molecule is NC(=O)C1CNCC1c1ccc(C(F)(F)F)cc1. The van der Waals surface area contributed by atoms with E-state index >= 15 is 0 Å². The molecule has 18 heavy (non-hydrogen) atoms. The third-order valence-electron chi connectivity index (χ3n) is 3.25. The van der Waals surface area contributed by atoms with Gasteiger partial charge >= 0.3 is 6.18 Å². The van der Waals surface area contributed by atoms with Gasteiger partial charge in [-0.3, -0.25) is 4.79 Å². The number of halogens is 3. The number of hydrogen-bond donors (Lipinski definition) is 2. The molecule has 1 aliphatic heterocycles. The Morgan fingerprint density at radius 3 is 2.33 bits per heavy atom. The Labute approximate surface area is 102 Å². The Bertz CT molecular complexity index is 442. The summed E-state index contributed by atoms with van der Waals surface area (Å²) in [5, 5.41) is 3.02. The average molecular weight is 258 g/mol. The van der Waals surface area contributed by atoms with Crippen LogP contribution >= 0.6 is 0 Å². The van der Waals surface area contributed by atoms with Crippen molar-refractivity contribution in [3.8, 4) is 0 Å². The smallest absolute Gasteiger partial charge is 0.369 e. The number of carbonyl (C=O) groups excluding carboxylic acids is 1. The molecule has 0 radical (unpaired) electrons. The summed E-state index contributed by atoms with van der Waals surface area (Å²) >= 11 is 0. The molecule has 1 aliphatic rings. The van der Waals surface area contributed by atoms with Crippen molar-refractivity contribution in [1.29, 1.82) is 0 Å². The van der Waals surface area contributed by atoms with E-state index in [0.717, 1.165) is 12.1 Å². The lowest BCUT2D eigenvalue weighted by Gasteiger charge is -2.16. The van der Waals surface area contributed by atoms with E-state index in [9.17, 15) is 18.0 Å². The zero-order valence-corrected chi connectivity index (χ0v) is 9.50. The van der Waals surface area contributed by atoms with Gasteiger partial charge in [-0.1, -0.05) is 12.1 Å². The molecule has 3 N–H and O–H groups in total. The van der Waals surface area contributed by atoms with Gasteiger partial charge in [0.2, 0.25) is 5.91 Å². The van der Waals surface area contributed by atoms with Gasteiger partial charge in [-0.05, 0) is 17.7 Å². The Morgan fingerprint density at radius 2 is 1.83 bits per heavy atom. The van der Waals surface area contributed by atoms with E-state index in [1.54, 1.807) is 0 Å². The van der Waals surface area contributed by atoms with E-state index in [4.69, 9.17) is 5.73 Å². The first-order valence-electron chi connectivity index (χ1n) is 5.57. The van der Waals surface area contributed by atoms with E-state index in [1.807, 2.05) is 0 Å². The standard InChI is InChI=1S/C12H13F3N2O/c13-12(14,15)8-3-1-7(2-4-8)9-5-17-6-10(9)11(16)18/h1-4,9-10,17H,5-6H2,(H2,16,18). The first-order valence-corrected chi connectivity index (χ1v) is 5.57. The lowest BCUT2D eigenvalue weighted by atomic mass is 9.88. The average Bonchev–Trinajstić information content (AvgIpc) is 2.77. The number of hydrogen-bond acceptors (Lipinski definition) is 2. The topological polar surface area (TPSA) is 55.1 Å². The van der Waals surface area contributed by atoms with Crippen LogP contribution < -0.4 is 11.1 Å². The van der Waals surface area contributed by atoms with Crippen LogP contribution in [0.4, 0.5) is 13.2 Å². The molecule has 2 unspecified atom stereocenters. The zero-order valence-electron chi connectivity index (χ0n) is 9.50. The molecule has 1 aromatic carbocycles. The van der Waals surface area contributed by atoms with E-state index in [2.05, 4.69) is 5.32 Å². The van der Waals surface area contributed by atoms with Crippen molar-refractivity contribution in [2.24, 2.45) is 11.7 Å². The van der Waals surface area contributed by atoms with Gasteiger partial charge in [-0.2, -0.15) is 13.2 Å². The summed E-state index contributed by atoms with van der Waals surface area (Å²) < 4.78 is 37.2. The normalized spacial score (nSPS) is 24.2. The monoisotopic (exact) mass is 258 g/mol. The van der Waals surface area contributed by atoms with Gasteiger partial charge in [-0.25, -0.2) is 0 Å². The van der Waals surface area contributed by atoms with E-state index < -0.39 is 17.6 Å². The molecule has 98 valence electrons. The number of alkyl halides is 3. The van der Waals surface area contributed by atoms with Crippen LogP contribution in [0.1, 0.15) is 17.0 Å². The molecule has 0 spiro atoms. The molecule has 3 nitrogen and oxygen atoms in total. The van der Waals surface area contributed by atoms with Crippen LogP contribution in [0.25, 0.3) is 0 Å². The van der Waals surface area contributed by atoms with Crippen molar-refractivity contribution >= 4 is 5.91 Å². The molecule has 2 atom stereocenters. The van der Waals surface area contributed by atoms with Crippen LogP contribution in [0, 0.1) is 5.92 Å². The molecule has 0 aliphatic carbocycles. The fourth-order valence-electron chi connectivity index (χ4n) is 2.25. The first kappa shape index (κ1) is 12.9. The van der Waals surface area contributed by atoms with Crippen LogP contribution in [0.15, 0.2) is 24.3 Å². The van der Waals surface area contributed by atoms with Gasteiger partial charge in [0.05, 0.1) is 11.5 Å². The minimum absolute atomic E-state index is 0.148. The largest absolute Gasteiger partial charge is 0.416 e. The Hall–Kier alpha value is -1.56. The van der Waals surface area contributed by atoms with Crippen molar-refractivity contribution < 1.29 is 18.0 Å². The Balaban J connectivity index is 2.22. The first-order chi connectivity index (χ1) is 8.39. The lowest BCUT2D eigenvalue weighted by Crippen LogP contribution is -2.28. The second kappa shape index (κ2) is 4.61. The van der Waals surface area contributed by atoms with Gasteiger partial charge < -0.3 is 11.1 Å². The zero-order chi connectivity index (χ0) is 13.3. The Morgan fingerprint density at radius 1 is 1.22 bits per heavy atom. The minimum Gasteiger partial charge on any atom is -0.369 e. The van der Waals surface area contributed by atoms with Gasteiger partial charge in [-0.15, -0.1) is 0 Å². The van der Waals surface area contributed by atoms with E-state index in [0.29, 0.717) is 18.7 Å². The maximum absolute atomic E-state index is 12.4. The molecule has 2 rings (SSSR count). The number of carbonyl (C=O) groups is 1. The van der Waals surface area contributed by atoms with Crippen molar-refractivity contribution in [2.45, 2.75) is 12.1 Å². The van der Waals surface area contributed by atoms with E-state index in [1.165, 1.54) is 12.1 Å². The highest BCUT2D eigenvalue weighted by Crippen LogP contribution is 2.32. The second-order valence-electron chi connectivity index (χ2n) is 4.39. The molecule has 1 heterocycles. The number of nitrogens with two attached hydrogens (primary N) is 1. The summed E-state index contributed by atoms with van der Waals surface area (Å²) in [4.78, 5) is 11.2. The lowest BCUT2D eigenvalue weighted by molar-refractivity contribution is -0.137. The molecule has 1 saturated heterocycles. The summed E-state index contributed by atoms with van der Waals surface area (Å²) in [5.41, 5.74) is 5.28. The molecular weight excluding hydrogens is 245 g/mol. The molecule has 1 aromatic rings. The van der Waals surface area contributed by atoms with Crippen LogP contribution in [0.3, 0.4) is 0 Å². The number of amides is 1. The number of primary amides is 1. The molecule has 0 saturated carbocycles. The van der Waals surface area contributed by atoms with Crippen molar-refractivity contribution in [2.75, 3.05) is 13.1 Å². The van der Waals surface area contributed by atoms with Crippen LogP contribution in [-0.4, -0.2) is 19.0 Å². The number of nitrogens with one attached hydrogen (secondary N) is 1. The molecule has 1 fully saturated rings. The maximum Gasteiger partial charge on any atom is 0.416 e.